The highest BCUT2D eigenvalue weighted by Gasteiger charge is 2.33. The van der Waals surface area contributed by atoms with Crippen molar-refractivity contribution < 1.29 is 5.11 Å². The van der Waals surface area contributed by atoms with Crippen LogP contribution < -0.4 is 0 Å². The second-order valence-corrected chi connectivity index (χ2v) is 9.68. The van der Waals surface area contributed by atoms with E-state index in [-0.39, 0.29) is 0 Å². The maximum Gasteiger partial charge on any atom is 0.0672 e. The molecule has 0 aromatic heterocycles. The van der Waals surface area contributed by atoms with Crippen molar-refractivity contribution >= 4 is 0 Å². The first-order valence-corrected chi connectivity index (χ1v) is 11.9. The lowest BCUT2D eigenvalue weighted by atomic mass is 9.85. The molecule has 0 bridgehead atoms. The minimum atomic E-state index is -0.450. The van der Waals surface area contributed by atoms with E-state index in [9.17, 15) is 5.11 Å². The third-order valence-corrected chi connectivity index (χ3v) is 7.27. The largest absolute Gasteiger partial charge is 0.390 e. The first-order valence-electron chi connectivity index (χ1n) is 11.9. The number of nitrogens with zero attached hydrogens (tertiary/aromatic N) is 2. The number of hydrogen-bond donors (Lipinski definition) is 1. The number of hydrogen-bond acceptors (Lipinski definition) is 3. The molecule has 162 valence electrons. The number of aliphatic hydroxyl groups is 1. The maximum absolute atomic E-state index is 11.1. The molecule has 0 radical (unpaired) electrons. The van der Waals surface area contributed by atoms with Gasteiger partial charge in [0.25, 0.3) is 0 Å². The van der Waals surface area contributed by atoms with Crippen LogP contribution in [-0.2, 0) is 13.0 Å². The molecule has 3 heteroatoms. The maximum atomic E-state index is 11.1. The summed E-state index contributed by atoms with van der Waals surface area (Å²) in [5.74, 6) is 0.779. The zero-order valence-electron chi connectivity index (χ0n) is 18.6. The highest BCUT2D eigenvalue weighted by Crippen LogP contribution is 2.29. The van der Waals surface area contributed by atoms with Crippen molar-refractivity contribution in [3.63, 3.8) is 0 Å². The van der Waals surface area contributed by atoms with Crippen molar-refractivity contribution in [2.45, 2.75) is 57.6 Å². The van der Waals surface area contributed by atoms with Gasteiger partial charge in [0.1, 0.15) is 0 Å². The van der Waals surface area contributed by atoms with Crippen LogP contribution in [0.15, 0.2) is 54.6 Å². The Balaban J connectivity index is 1.16. The molecule has 0 amide bonds. The molecular weight excluding hydrogens is 368 g/mol. The Morgan fingerprint density at radius 1 is 0.933 bits per heavy atom. The lowest BCUT2D eigenvalue weighted by Gasteiger charge is -2.39. The lowest BCUT2D eigenvalue weighted by molar-refractivity contribution is -0.0313. The van der Waals surface area contributed by atoms with E-state index in [4.69, 9.17) is 0 Å². The van der Waals surface area contributed by atoms with Gasteiger partial charge >= 0.3 is 0 Å². The van der Waals surface area contributed by atoms with Crippen LogP contribution in [0, 0.1) is 12.8 Å². The average molecular weight is 407 g/mol. The number of rotatable bonds is 8. The van der Waals surface area contributed by atoms with Crippen LogP contribution in [-0.4, -0.2) is 53.2 Å². The molecule has 0 spiro atoms. The van der Waals surface area contributed by atoms with Gasteiger partial charge in [-0.05, 0) is 74.6 Å². The minimum absolute atomic E-state index is 0.450. The lowest BCUT2D eigenvalue weighted by Crippen LogP contribution is -2.46. The Hall–Kier alpha value is -1.68. The molecule has 2 heterocycles. The second-order valence-electron chi connectivity index (χ2n) is 9.68. The molecule has 2 fully saturated rings. The van der Waals surface area contributed by atoms with Gasteiger partial charge in [-0.15, -0.1) is 0 Å². The molecule has 4 rings (SSSR count). The van der Waals surface area contributed by atoms with Gasteiger partial charge in [0.2, 0.25) is 0 Å². The molecule has 2 aromatic carbocycles. The van der Waals surface area contributed by atoms with E-state index in [2.05, 4.69) is 71.3 Å². The molecule has 2 aliphatic rings. The zero-order valence-corrected chi connectivity index (χ0v) is 18.6. The van der Waals surface area contributed by atoms with E-state index in [1.807, 2.05) is 0 Å². The number of piperidine rings is 1. The molecule has 2 aromatic rings. The van der Waals surface area contributed by atoms with Gasteiger partial charge in [-0.25, -0.2) is 0 Å². The summed E-state index contributed by atoms with van der Waals surface area (Å²) in [6.07, 6.45) is 6.27. The molecular formula is C27H38N2O. The number of likely N-dealkylation sites (tertiary alicyclic amines) is 2. The summed E-state index contributed by atoms with van der Waals surface area (Å²) in [5.41, 5.74) is 3.78. The smallest absolute Gasteiger partial charge is 0.0672 e. The van der Waals surface area contributed by atoms with E-state index in [0.717, 1.165) is 57.7 Å². The molecule has 2 saturated heterocycles. The topological polar surface area (TPSA) is 26.7 Å². The van der Waals surface area contributed by atoms with Crippen LogP contribution in [0.4, 0.5) is 0 Å². The molecule has 1 N–H and O–H groups in total. The van der Waals surface area contributed by atoms with Crippen molar-refractivity contribution in [1.29, 1.82) is 0 Å². The molecule has 0 aliphatic carbocycles. The van der Waals surface area contributed by atoms with Crippen molar-refractivity contribution in [1.82, 2.24) is 9.80 Å². The number of aryl methyl sites for hydroxylation is 2. The molecule has 30 heavy (non-hydrogen) atoms. The first kappa shape index (κ1) is 21.5. The highest BCUT2D eigenvalue weighted by molar-refractivity contribution is 5.25. The molecule has 0 saturated carbocycles. The zero-order chi connectivity index (χ0) is 20.8. The van der Waals surface area contributed by atoms with Crippen LogP contribution in [0.25, 0.3) is 0 Å². The standard InChI is InChI=1S/C27H38N2O/c1-23-8-5-6-11-26(23)12-7-14-27(30)15-18-28(19-16-27)21-25-13-17-29(22-25)20-24-9-3-2-4-10-24/h2-6,8-11,25,30H,7,12-22H2,1H3. The fourth-order valence-corrected chi connectivity index (χ4v) is 5.31. The van der Waals surface area contributed by atoms with Crippen LogP contribution in [0.2, 0.25) is 0 Å². The summed E-state index contributed by atoms with van der Waals surface area (Å²) < 4.78 is 0. The molecule has 3 nitrogen and oxygen atoms in total. The van der Waals surface area contributed by atoms with E-state index in [1.165, 1.54) is 42.7 Å². The van der Waals surface area contributed by atoms with E-state index in [0.29, 0.717) is 0 Å². The van der Waals surface area contributed by atoms with Crippen LogP contribution in [0.1, 0.15) is 48.8 Å². The number of benzene rings is 2. The summed E-state index contributed by atoms with van der Waals surface area (Å²) in [7, 11) is 0. The highest BCUT2D eigenvalue weighted by atomic mass is 16.3. The third-order valence-electron chi connectivity index (χ3n) is 7.27. The summed E-state index contributed by atoms with van der Waals surface area (Å²) in [5, 5.41) is 11.1. The van der Waals surface area contributed by atoms with E-state index >= 15 is 0 Å². The predicted molar refractivity (Wildman–Crippen MR) is 125 cm³/mol. The third kappa shape index (κ3) is 5.94. The minimum Gasteiger partial charge on any atom is -0.390 e. The van der Waals surface area contributed by atoms with Gasteiger partial charge in [0.05, 0.1) is 5.60 Å². The fourth-order valence-electron chi connectivity index (χ4n) is 5.31. The Morgan fingerprint density at radius 3 is 2.43 bits per heavy atom. The van der Waals surface area contributed by atoms with Crippen LogP contribution in [0.3, 0.4) is 0 Å². The predicted octanol–water partition coefficient (Wildman–Crippen LogP) is 4.67. The summed E-state index contributed by atoms with van der Waals surface area (Å²) in [4.78, 5) is 5.21. The quantitative estimate of drug-likeness (QED) is 0.690. The SMILES string of the molecule is Cc1ccccc1CCCC1(O)CCN(CC2CCN(Cc3ccccc3)C2)CC1. The van der Waals surface area contributed by atoms with E-state index < -0.39 is 5.60 Å². The van der Waals surface area contributed by atoms with Gasteiger partial charge in [-0.2, -0.15) is 0 Å². The van der Waals surface area contributed by atoms with Crippen molar-refractivity contribution in [2.75, 3.05) is 32.7 Å². The van der Waals surface area contributed by atoms with Gasteiger partial charge < -0.3 is 10.0 Å². The molecule has 1 atom stereocenters. The van der Waals surface area contributed by atoms with Crippen molar-refractivity contribution in [3.05, 3.63) is 71.3 Å². The van der Waals surface area contributed by atoms with Gasteiger partial charge in [0, 0.05) is 32.7 Å². The normalized spacial score (nSPS) is 22.4. The second kappa shape index (κ2) is 10.1. The van der Waals surface area contributed by atoms with E-state index in [1.54, 1.807) is 0 Å². The molecule has 2 aliphatic heterocycles. The Labute approximate surface area is 182 Å². The Morgan fingerprint density at radius 2 is 1.67 bits per heavy atom. The Bertz CT molecular complexity index is 782. The van der Waals surface area contributed by atoms with Crippen LogP contribution in [0.5, 0.6) is 0 Å². The fraction of sp³-hybridized carbons (Fsp3) is 0.556. The average Bonchev–Trinajstić information content (AvgIpc) is 3.19. The summed E-state index contributed by atoms with van der Waals surface area (Å²) in [6, 6.07) is 19.5. The first-order chi connectivity index (χ1) is 14.6. The van der Waals surface area contributed by atoms with Crippen molar-refractivity contribution in [3.8, 4) is 0 Å². The van der Waals surface area contributed by atoms with Crippen LogP contribution >= 0.6 is 0 Å². The summed E-state index contributed by atoms with van der Waals surface area (Å²) >= 11 is 0. The van der Waals surface area contributed by atoms with Crippen molar-refractivity contribution in [2.24, 2.45) is 5.92 Å². The Kier molecular flexibility index (Phi) is 7.24. The van der Waals surface area contributed by atoms with Gasteiger partial charge in [-0.3, -0.25) is 4.90 Å². The molecule has 1 unspecified atom stereocenters. The van der Waals surface area contributed by atoms with Gasteiger partial charge in [-0.1, -0.05) is 54.6 Å². The monoisotopic (exact) mass is 406 g/mol. The summed E-state index contributed by atoms with van der Waals surface area (Å²) in [6.45, 7) is 9.00. The van der Waals surface area contributed by atoms with Gasteiger partial charge in [0.15, 0.2) is 0 Å².